The van der Waals surface area contributed by atoms with Gasteiger partial charge in [-0.15, -0.1) is 11.8 Å². The van der Waals surface area contributed by atoms with Crippen LogP contribution in [-0.4, -0.2) is 39.2 Å². The monoisotopic (exact) mass is 269 g/mol. The fraction of sp³-hybridized carbons (Fsp3) is 0.571. The van der Waals surface area contributed by atoms with Crippen LogP contribution < -0.4 is 10.1 Å². The minimum Gasteiger partial charge on any atom is -0.491 e. The molecule has 0 radical (unpaired) electrons. The molecule has 0 saturated heterocycles. The fourth-order valence-electron chi connectivity index (χ4n) is 1.54. The number of nitrogens with one attached hydrogen (secondary N) is 1. The van der Waals surface area contributed by atoms with Crippen molar-refractivity contribution in [2.45, 2.75) is 18.2 Å². The molecule has 1 aromatic rings. The predicted molar refractivity (Wildman–Crippen MR) is 77.7 cm³/mol. The summed E-state index contributed by atoms with van der Waals surface area (Å²) in [6.45, 7) is 6.20. The van der Waals surface area contributed by atoms with Gasteiger partial charge in [-0.1, -0.05) is 12.1 Å². The highest BCUT2D eigenvalue weighted by Gasteiger charge is 2.00. The van der Waals surface area contributed by atoms with Gasteiger partial charge >= 0.3 is 0 Å². The lowest BCUT2D eigenvalue weighted by atomic mass is 10.3. The van der Waals surface area contributed by atoms with E-state index in [1.165, 1.54) is 4.90 Å². The molecule has 102 valence electrons. The standard InChI is InChI=1S/C14H23NO2S/c1-3-16-11-6-9-15-10-12-17-13-7-4-5-8-14(13)18-2/h4-5,7-8,15H,3,6,9-12H2,1-2H3. The SMILES string of the molecule is CCOCCCNCCOc1ccccc1SC. The van der Waals surface area contributed by atoms with E-state index in [9.17, 15) is 0 Å². The number of hydrogen-bond acceptors (Lipinski definition) is 4. The molecule has 0 bridgehead atoms. The Balaban J connectivity index is 2.07. The van der Waals surface area contributed by atoms with E-state index in [2.05, 4.69) is 17.6 Å². The lowest BCUT2D eigenvalue weighted by molar-refractivity contribution is 0.144. The minimum atomic E-state index is 0.701. The first-order valence-electron chi connectivity index (χ1n) is 6.42. The zero-order valence-electron chi connectivity index (χ0n) is 11.3. The van der Waals surface area contributed by atoms with E-state index in [0.717, 1.165) is 38.5 Å². The third-order valence-corrected chi connectivity index (χ3v) is 3.23. The largest absolute Gasteiger partial charge is 0.491 e. The topological polar surface area (TPSA) is 30.5 Å². The van der Waals surface area contributed by atoms with Crippen molar-refractivity contribution in [3.8, 4) is 5.75 Å². The first-order valence-corrected chi connectivity index (χ1v) is 7.65. The van der Waals surface area contributed by atoms with Crippen LogP contribution in [-0.2, 0) is 4.74 Å². The molecular weight excluding hydrogens is 246 g/mol. The third kappa shape index (κ3) is 6.28. The molecule has 0 aliphatic rings. The van der Waals surface area contributed by atoms with E-state index in [0.29, 0.717) is 6.61 Å². The maximum Gasteiger partial charge on any atom is 0.132 e. The van der Waals surface area contributed by atoms with Crippen molar-refractivity contribution >= 4 is 11.8 Å². The molecule has 0 aromatic heterocycles. The molecule has 1 rings (SSSR count). The average molecular weight is 269 g/mol. The number of thioether (sulfide) groups is 1. The van der Waals surface area contributed by atoms with Gasteiger partial charge in [0.1, 0.15) is 12.4 Å². The Morgan fingerprint density at radius 2 is 2.00 bits per heavy atom. The van der Waals surface area contributed by atoms with Gasteiger partial charge < -0.3 is 14.8 Å². The molecule has 4 heteroatoms. The molecule has 0 heterocycles. The molecule has 0 atom stereocenters. The van der Waals surface area contributed by atoms with Crippen LogP contribution in [0.4, 0.5) is 0 Å². The van der Waals surface area contributed by atoms with E-state index in [1.54, 1.807) is 11.8 Å². The van der Waals surface area contributed by atoms with Crippen molar-refractivity contribution < 1.29 is 9.47 Å². The van der Waals surface area contributed by atoms with E-state index >= 15 is 0 Å². The Morgan fingerprint density at radius 1 is 1.17 bits per heavy atom. The Bertz CT molecular complexity index is 320. The Labute approximate surface area is 114 Å². The van der Waals surface area contributed by atoms with Crippen molar-refractivity contribution in [1.29, 1.82) is 0 Å². The average Bonchev–Trinajstić information content (AvgIpc) is 2.42. The molecule has 18 heavy (non-hydrogen) atoms. The molecule has 0 unspecified atom stereocenters. The van der Waals surface area contributed by atoms with Crippen molar-refractivity contribution in [2.75, 3.05) is 39.2 Å². The van der Waals surface area contributed by atoms with Crippen LogP contribution in [0.2, 0.25) is 0 Å². The van der Waals surface area contributed by atoms with E-state index < -0.39 is 0 Å². The smallest absolute Gasteiger partial charge is 0.132 e. The summed E-state index contributed by atoms with van der Waals surface area (Å²) in [6.07, 6.45) is 3.11. The van der Waals surface area contributed by atoms with Crippen LogP contribution >= 0.6 is 11.8 Å². The lowest BCUT2D eigenvalue weighted by Gasteiger charge is -2.10. The van der Waals surface area contributed by atoms with Crippen LogP contribution in [0.1, 0.15) is 13.3 Å². The van der Waals surface area contributed by atoms with Gasteiger partial charge in [-0.25, -0.2) is 0 Å². The number of rotatable bonds is 10. The van der Waals surface area contributed by atoms with Crippen LogP contribution in [0.5, 0.6) is 5.75 Å². The first kappa shape index (κ1) is 15.3. The van der Waals surface area contributed by atoms with Gasteiger partial charge in [0, 0.05) is 24.7 Å². The highest BCUT2D eigenvalue weighted by molar-refractivity contribution is 7.98. The molecule has 0 aliphatic heterocycles. The molecule has 3 nitrogen and oxygen atoms in total. The number of para-hydroxylation sites is 1. The fourth-order valence-corrected chi connectivity index (χ4v) is 2.08. The molecular formula is C14H23NO2S. The summed E-state index contributed by atoms with van der Waals surface area (Å²) in [7, 11) is 0. The van der Waals surface area contributed by atoms with Gasteiger partial charge in [-0.05, 0) is 38.3 Å². The molecule has 0 fully saturated rings. The second-order valence-corrected chi connectivity index (χ2v) is 4.65. The summed E-state index contributed by atoms with van der Waals surface area (Å²) < 4.78 is 11.0. The van der Waals surface area contributed by atoms with Gasteiger partial charge in [0.25, 0.3) is 0 Å². The summed E-state index contributed by atoms with van der Waals surface area (Å²) in [6, 6.07) is 8.13. The van der Waals surface area contributed by atoms with Crippen LogP contribution in [0.3, 0.4) is 0 Å². The van der Waals surface area contributed by atoms with E-state index in [1.807, 2.05) is 25.1 Å². The highest BCUT2D eigenvalue weighted by atomic mass is 32.2. The van der Waals surface area contributed by atoms with Gasteiger partial charge in [0.2, 0.25) is 0 Å². The summed E-state index contributed by atoms with van der Waals surface area (Å²) in [4.78, 5) is 1.19. The molecule has 1 N–H and O–H groups in total. The number of hydrogen-bond donors (Lipinski definition) is 1. The molecule has 0 amide bonds. The van der Waals surface area contributed by atoms with E-state index in [4.69, 9.17) is 9.47 Å². The predicted octanol–water partition coefficient (Wildman–Crippen LogP) is 2.80. The van der Waals surface area contributed by atoms with Crippen LogP contribution in [0, 0.1) is 0 Å². The summed E-state index contributed by atoms with van der Waals surface area (Å²) in [5, 5.41) is 3.34. The quantitative estimate of drug-likeness (QED) is 0.522. The maximum atomic E-state index is 5.74. The van der Waals surface area contributed by atoms with Crippen molar-refractivity contribution in [3.63, 3.8) is 0 Å². The van der Waals surface area contributed by atoms with Crippen LogP contribution in [0.25, 0.3) is 0 Å². The summed E-state index contributed by atoms with van der Waals surface area (Å²) >= 11 is 1.71. The highest BCUT2D eigenvalue weighted by Crippen LogP contribution is 2.26. The Morgan fingerprint density at radius 3 is 2.78 bits per heavy atom. The van der Waals surface area contributed by atoms with Gasteiger partial charge in [-0.3, -0.25) is 0 Å². The summed E-state index contributed by atoms with van der Waals surface area (Å²) in [5.74, 6) is 0.973. The zero-order valence-corrected chi connectivity index (χ0v) is 12.1. The first-order chi connectivity index (χ1) is 8.88. The second-order valence-electron chi connectivity index (χ2n) is 3.80. The van der Waals surface area contributed by atoms with E-state index in [-0.39, 0.29) is 0 Å². The van der Waals surface area contributed by atoms with Gasteiger partial charge in [-0.2, -0.15) is 0 Å². The minimum absolute atomic E-state index is 0.701. The molecule has 0 aliphatic carbocycles. The van der Waals surface area contributed by atoms with Crippen molar-refractivity contribution in [3.05, 3.63) is 24.3 Å². The van der Waals surface area contributed by atoms with Gasteiger partial charge in [0.15, 0.2) is 0 Å². The summed E-state index contributed by atoms with van der Waals surface area (Å²) in [5.41, 5.74) is 0. The van der Waals surface area contributed by atoms with Crippen LogP contribution in [0.15, 0.2) is 29.2 Å². The van der Waals surface area contributed by atoms with Crippen molar-refractivity contribution in [2.24, 2.45) is 0 Å². The number of ether oxygens (including phenoxy) is 2. The lowest BCUT2D eigenvalue weighted by Crippen LogP contribution is -2.23. The molecule has 0 saturated carbocycles. The Hall–Kier alpha value is -0.710. The second kappa shape index (κ2) is 10.2. The number of benzene rings is 1. The third-order valence-electron chi connectivity index (χ3n) is 2.45. The normalized spacial score (nSPS) is 10.6. The molecule has 1 aromatic carbocycles. The van der Waals surface area contributed by atoms with Crippen molar-refractivity contribution in [1.82, 2.24) is 5.32 Å². The van der Waals surface area contributed by atoms with Gasteiger partial charge in [0.05, 0.1) is 0 Å². The maximum absolute atomic E-state index is 5.74. The Kier molecular flexibility index (Phi) is 8.73. The zero-order chi connectivity index (χ0) is 13.1. The molecule has 0 spiro atoms.